The molecule has 1 saturated heterocycles. The van der Waals surface area contributed by atoms with Crippen molar-refractivity contribution in [2.45, 2.75) is 19.4 Å². The first kappa shape index (κ1) is 17.1. The van der Waals surface area contributed by atoms with Crippen LogP contribution >= 0.6 is 31.9 Å². The Kier molecular flexibility index (Phi) is 5.74. The zero-order valence-electron chi connectivity index (χ0n) is 11.9. The number of carbonyl (C=O) groups is 2. The minimum atomic E-state index is -0.368. The number of nitrogens with zero attached hydrogens (tertiary/aromatic N) is 3. The van der Waals surface area contributed by atoms with Crippen LogP contribution < -0.4 is 5.56 Å². The predicted octanol–water partition coefficient (Wildman–Crippen LogP) is 1.18. The maximum absolute atomic E-state index is 12.2. The highest BCUT2D eigenvalue weighted by Gasteiger charge is 2.28. The van der Waals surface area contributed by atoms with Gasteiger partial charge in [-0.1, -0.05) is 0 Å². The molecule has 1 aliphatic rings. The number of piperidine rings is 1. The van der Waals surface area contributed by atoms with Crippen LogP contribution in [0.5, 0.6) is 0 Å². The predicted molar refractivity (Wildman–Crippen MR) is 85.2 cm³/mol. The fourth-order valence-corrected chi connectivity index (χ4v) is 2.89. The second-order valence-corrected chi connectivity index (χ2v) is 6.59. The molecule has 0 N–H and O–H groups in total. The number of hydrogen-bond donors (Lipinski definition) is 0. The first-order chi connectivity index (χ1) is 10.4. The second-order valence-electron chi connectivity index (χ2n) is 4.95. The fraction of sp³-hybridized carbons (Fsp3) is 0.538. The Hall–Kier alpha value is -1.22. The van der Waals surface area contributed by atoms with E-state index in [1.807, 2.05) is 0 Å². The van der Waals surface area contributed by atoms with Crippen LogP contribution in [-0.4, -0.2) is 46.8 Å². The molecule has 1 aromatic heterocycles. The average molecular weight is 437 g/mol. The summed E-state index contributed by atoms with van der Waals surface area (Å²) in [7, 11) is 1.36. The number of hydrogen-bond acceptors (Lipinski definition) is 5. The lowest BCUT2D eigenvalue weighted by molar-refractivity contribution is -0.149. The molecule has 9 heteroatoms. The number of aromatic nitrogens is 2. The van der Waals surface area contributed by atoms with Crippen LogP contribution in [0.2, 0.25) is 0 Å². The summed E-state index contributed by atoms with van der Waals surface area (Å²) < 4.78 is 6.70. The number of methoxy groups -OCH3 is 1. The summed E-state index contributed by atoms with van der Waals surface area (Å²) in [6.45, 7) is 0.837. The smallest absolute Gasteiger partial charge is 0.308 e. The van der Waals surface area contributed by atoms with E-state index in [1.165, 1.54) is 13.3 Å². The van der Waals surface area contributed by atoms with Crippen molar-refractivity contribution < 1.29 is 14.3 Å². The molecule has 0 radical (unpaired) electrons. The quantitative estimate of drug-likeness (QED) is 0.664. The number of ether oxygens (including phenoxy) is 1. The van der Waals surface area contributed by atoms with E-state index in [2.05, 4.69) is 37.0 Å². The third-order valence-corrected chi connectivity index (χ3v) is 5.51. The van der Waals surface area contributed by atoms with Crippen molar-refractivity contribution in [1.82, 2.24) is 14.7 Å². The molecule has 2 heterocycles. The monoisotopic (exact) mass is 435 g/mol. The van der Waals surface area contributed by atoms with Gasteiger partial charge in [0.2, 0.25) is 5.91 Å². The van der Waals surface area contributed by atoms with E-state index in [1.54, 1.807) is 4.90 Å². The number of carbonyl (C=O) groups excluding carboxylic acids is 2. The van der Waals surface area contributed by atoms with Crippen molar-refractivity contribution in [2.24, 2.45) is 5.92 Å². The topological polar surface area (TPSA) is 81.5 Å². The molecule has 2 rings (SSSR count). The van der Waals surface area contributed by atoms with Gasteiger partial charge in [0.05, 0.1) is 23.7 Å². The molecule has 0 unspecified atom stereocenters. The Morgan fingerprint density at radius 2 is 2.00 bits per heavy atom. The Labute approximate surface area is 143 Å². The van der Waals surface area contributed by atoms with Crippen molar-refractivity contribution >= 4 is 43.7 Å². The molecule has 22 heavy (non-hydrogen) atoms. The molecular weight excluding hydrogens is 422 g/mol. The lowest BCUT2D eigenvalue weighted by atomic mass is 9.97. The van der Waals surface area contributed by atoms with E-state index >= 15 is 0 Å². The largest absolute Gasteiger partial charge is 0.469 e. The van der Waals surface area contributed by atoms with E-state index in [4.69, 9.17) is 4.74 Å². The van der Waals surface area contributed by atoms with Crippen molar-refractivity contribution in [1.29, 1.82) is 0 Å². The maximum Gasteiger partial charge on any atom is 0.308 e. The molecule has 0 spiro atoms. The number of likely N-dealkylation sites (tertiary alicyclic amines) is 1. The summed E-state index contributed by atoms with van der Waals surface area (Å²) in [5.74, 6) is -0.578. The minimum Gasteiger partial charge on any atom is -0.469 e. The average Bonchev–Trinajstić information content (AvgIpc) is 2.54. The van der Waals surface area contributed by atoms with Gasteiger partial charge in [0.1, 0.15) is 11.0 Å². The molecule has 1 fully saturated rings. The molecule has 0 bridgehead atoms. The first-order valence-corrected chi connectivity index (χ1v) is 8.29. The normalized spacial score (nSPS) is 15.7. The van der Waals surface area contributed by atoms with Crippen LogP contribution in [-0.2, 0) is 20.9 Å². The number of amides is 1. The van der Waals surface area contributed by atoms with E-state index in [-0.39, 0.29) is 29.9 Å². The molecule has 0 saturated carbocycles. The molecule has 0 aromatic carbocycles. The zero-order chi connectivity index (χ0) is 16.3. The van der Waals surface area contributed by atoms with Crippen molar-refractivity contribution in [3.8, 4) is 0 Å². The van der Waals surface area contributed by atoms with Gasteiger partial charge in [-0.3, -0.25) is 14.4 Å². The van der Waals surface area contributed by atoms with Crippen molar-refractivity contribution in [3.63, 3.8) is 0 Å². The van der Waals surface area contributed by atoms with Crippen LogP contribution in [0.25, 0.3) is 0 Å². The summed E-state index contributed by atoms with van der Waals surface area (Å²) in [5, 5.41) is 3.94. The van der Waals surface area contributed by atoms with Crippen LogP contribution in [0.4, 0.5) is 0 Å². The summed E-state index contributed by atoms with van der Waals surface area (Å²) in [5.41, 5.74) is -0.368. The van der Waals surface area contributed by atoms with Crippen molar-refractivity contribution in [3.05, 3.63) is 25.5 Å². The van der Waals surface area contributed by atoms with Gasteiger partial charge in [0.25, 0.3) is 5.56 Å². The van der Waals surface area contributed by atoms with Gasteiger partial charge >= 0.3 is 5.97 Å². The van der Waals surface area contributed by atoms with Gasteiger partial charge in [0.15, 0.2) is 0 Å². The zero-order valence-corrected chi connectivity index (χ0v) is 15.1. The van der Waals surface area contributed by atoms with E-state index in [9.17, 15) is 14.4 Å². The molecule has 0 aliphatic carbocycles. The van der Waals surface area contributed by atoms with E-state index in [0.717, 1.165) is 4.68 Å². The Bertz CT molecular complexity index is 639. The minimum absolute atomic E-state index is 0.117. The van der Waals surface area contributed by atoms with Gasteiger partial charge in [-0.05, 0) is 44.7 Å². The highest BCUT2D eigenvalue weighted by Crippen LogP contribution is 2.19. The number of rotatable bonds is 3. The lowest BCUT2D eigenvalue weighted by Gasteiger charge is -2.30. The molecule has 1 amide bonds. The standard InChI is InChI=1S/C13H15Br2N3O4/c1-22-13(21)8-2-4-17(5-3-8)10(19)7-18-12(20)11(15)9(14)6-16-18/h6,8H,2-5,7H2,1H3. The molecule has 1 aromatic rings. The van der Waals surface area contributed by atoms with Gasteiger partial charge in [-0.2, -0.15) is 5.10 Å². The van der Waals surface area contributed by atoms with Crippen LogP contribution in [0.15, 0.2) is 19.9 Å². The second kappa shape index (κ2) is 7.36. The SMILES string of the molecule is COC(=O)C1CCN(C(=O)Cn2ncc(Br)c(Br)c2=O)CC1. The Morgan fingerprint density at radius 3 is 2.59 bits per heavy atom. The van der Waals surface area contributed by atoms with Crippen molar-refractivity contribution in [2.75, 3.05) is 20.2 Å². The molecule has 1 aliphatic heterocycles. The Morgan fingerprint density at radius 1 is 1.36 bits per heavy atom. The maximum atomic E-state index is 12.2. The summed E-state index contributed by atoms with van der Waals surface area (Å²) in [6, 6.07) is 0. The molecular formula is C13H15Br2N3O4. The highest BCUT2D eigenvalue weighted by atomic mass is 79.9. The molecule has 120 valence electrons. The fourth-order valence-electron chi connectivity index (χ4n) is 2.32. The van der Waals surface area contributed by atoms with Gasteiger partial charge < -0.3 is 9.64 Å². The van der Waals surface area contributed by atoms with Gasteiger partial charge in [-0.15, -0.1) is 0 Å². The van der Waals surface area contributed by atoms with Gasteiger partial charge in [-0.25, -0.2) is 4.68 Å². The number of halogens is 2. The first-order valence-electron chi connectivity index (χ1n) is 6.70. The summed E-state index contributed by atoms with van der Waals surface area (Å²) in [6.07, 6.45) is 2.61. The molecule has 7 nitrogen and oxygen atoms in total. The third kappa shape index (κ3) is 3.75. The summed E-state index contributed by atoms with van der Waals surface area (Å²) >= 11 is 6.34. The highest BCUT2D eigenvalue weighted by molar-refractivity contribution is 9.13. The van der Waals surface area contributed by atoms with Gasteiger partial charge in [0, 0.05) is 13.1 Å². The van der Waals surface area contributed by atoms with Crippen LogP contribution in [0.3, 0.4) is 0 Å². The number of esters is 1. The summed E-state index contributed by atoms with van der Waals surface area (Å²) in [4.78, 5) is 37.3. The van der Waals surface area contributed by atoms with E-state index < -0.39 is 0 Å². The Balaban J connectivity index is 1.98. The lowest BCUT2D eigenvalue weighted by Crippen LogP contribution is -2.43. The van der Waals surface area contributed by atoms with Crippen LogP contribution in [0, 0.1) is 5.92 Å². The third-order valence-electron chi connectivity index (χ3n) is 3.61. The van der Waals surface area contributed by atoms with E-state index in [0.29, 0.717) is 34.9 Å². The molecule has 0 atom stereocenters. The van der Waals surface area contributed by atoms with Crippen LogP contribution in [0.1, 0.15) is 12.8 Å².